The van der Waals surface area contributed by atoms with Crippen molar-refractivity contribution in [2.45, 2.75) is 13.3 Å². The highest BCUT2D eigenvalue weighted by Gasteiger charge is 2.14. The summed E-state index contributed by atoms with van der Waals surface area (Å²) < 4.78 is 0. The standard InChI is InChI=1S/C12H16N2O4/c1-2-13(9-12(15)16)8-7-10-5-3-4-6-11(10)14(17)18/h3-6H,2,7-9H2,1H3,(H,15,16). The lowest BCUT2D eigenvalue weighted by Gasteiger charge is -2.17. The first-order chi connectivity index (χ1) is 8.54. The molecule has 0 fully saturated rings. The number of nitro groups is 1. The minimum Gasteiger partial charge on any atom is -0.480 e. The summed E-state index contributed by atoms with van der Waals surface area (Å²) >= 11 is 0. The monoisotopic (exact) mass is 252 g/mol. The zero-order valence-corrected chi connectivity index (χ0v) is 10.2. The Morgan fingerprint density at radius 2 is 2.11 bits per heavy atom. The van der Waals surface area contributed by atoms with Crippen molar-refractivity contribution in [2.75, 3.05) is 19.6 Å². The average molecular weight is 252 g/mol. The second-order valence-electron chi connectivity index (χ2n) is 3.90. The third-order valence-electron chi connectivity index (χ3n) is 2.69. The van der Waals surface area contributed by atoms with E-state index in [2.05, 4.69) is 0 Å². The number of carboxylic acid groups (broad SMARTS) is 1. The van der Waals surface area contributed by atoms with E-state index in [4.69, 9.17) is 5.11 Å². The van der Waals surface area contributed by atoms with Crippen LogP contribution in [-0.2, 0) is 11.2 Å². The second-order valence-corrected chi connectivity index (χ2v) is 3.90. The second kappa shape index (κ2) is 6.70. The zero-order chi connectivity index (χ0) is 13.5. The fourth-order valence-electron chi connectivity index (χ4n) is 1.72. The van der Waals surface area contributed by atoms with E-state index in [0.29, 0.717) is 25.1 Å². The Bertz CT molecular complexity index is 434. The Kier molecular flexibility index (Phi) is 5.26. The lowest BCUT2D eigenvalue weighted by atomic mass is 10.1. The number of aliphatic carboxylic acids is 1. The van der Waals surface area contributed by atoms with E-state index in [1.807, 2.05) is 6.92 Å². The highest BCUT2D eigenvalue weighted by Crippen LogP contribution is 2.18. The quantitative estimate of drug-likeness (QED) is 0.588. The van der Waals surface area contributed by atoms with Crippen LogP contribution < -0.4 is 0 Å². The summed E-state index contributed by atoms with van der Waals surface area (Å²) in [5, 5.41) is 19.5. The topological polar surface area (TPSA) is 83.7 Å². The first-order valence-corrected chi connectivity index (χ1v) is 5.71. The predicted molar refractivity (Wildman–Crippen MR) is 66.6 cm³/mol. The third kappa shape index (κ3) is 4.14. The van der Waals surface area contributed by atoms with Crippen LogP contribution in [-0.4, -0.2) is 40.5 Å². The number of benzene rings is 1. The fraction of sp³-hybridized carbons (Fsp3) is 0.417. The van der Waals surface area contributed by atoms with Crippen molar-refractivity contribution in [3.63, 3.8) is 0 Å². The Balaban J connectivity index is 2.67. The number of hydrogen-bond donors (Lipinski definition) is 1. The highest BCUT2D eigenvalue weighted by molar-refractivity contribution is 5.69. The molecule has 0 unspecified atom stereocenters. The molecule has 98 valence electrons. The SMILES string of the molecule is CCN(CCc1ccccc1[N+](=O)[O-])CC(=O)O. The number of nitrogens with zero attached hydrogens (tertiary/aromatic N) is 2. The van der Waals surface area contributed by atoms with Gasteiger partial charge in [-0.1, -0.05) is 25.1 Å². The van der Waals surface area contributed by atoms with Gasteiger partial charge in [0.15, 0.2) is 0 Å². The van der Waals surface area contributed by atoms with E-state index >= 15 is 0 Å². The minimum absolute atomic E-state index is 0.0445. The lowest BCUT2D eigenvalue weighted by Crippen LogP contribution is -2.31. The number of carboxylic acids is 1. The van der Waals surface area contributed by atoms with Crippen molar-refractivity contribution in [2.24, 2.45) is 0 Å². The van der Waals surface area contributed by atoms with E-state index in [0.717, 1.165) is 0 Å². The van der Waals surface area contributed by atoms with Crippen LogP contribution in [0.5, 0.6) is 0 Å². The number of rotatable bonds is 7. The van der Waals surface area contributed by atoms with Gasteiger partial charge in [-0.05, 0) is 13.0 Å². The average Bonchev–Trinajstić information content (AvgIpc) is 2.34. The first kappa shape index (κ1) is 14.1. The molecule has 0 aromatic heterocycles. The molecule has 6 nitrogen and oxygen atoms in total. The summed E-state index contributed by atoms with van der Waals surface area (Å²) in [6, 6.07) is 6.53. The summed E-state index contributed by atoms with van der Waals surface area (Å²) in [5.41, 5.74) is 0.718. The molecule has 0 saturated carbocycles. The number of nitro benzene ring substituents is 1. The van der Waals surface area contributed by atoms with Gasteiger partial charge < -0.3 is 5.11 Å². The van der Waals surface area contributed by atoms with E-state index in [-0.39, 0.29) is 12.2 Å². The van der Waals surface area contributed by atoms with Gasteiger partial charge in [-0.3, -0.25) is 19.8 Å². The molecular formula is C12H16N2O4. The van der Waals surface area contributed by atoms with Gasteiger partial charge in [0.1, 0.15) is 0 Å². The third-order valence-corrected chi connectivity index (χ3v) is 2.69. The summed E-state index contributed by atoms with van der Waals surface area (Å²) in [5.74, 6) is -0.889. The van der Waals surface area contributed by atoms with E-state index in [1.54, 1.807) is 23.1 Å². The minimum atomic E-state index is -0.889. The number of hydrogen-bond acceptors (Lipinski definition) is 4. The summed E-state index contributed by atoms with van der Waals surface area (Å²) in [6.07, 6.45) is 0.471. The van der Waals surface area contributed by atoms with Gasteiger partial charge in [0.2, 0.25) is 0 Å². The molecule has 0 aliphatic heterocycles. The molecule has 18 heavy (non-hydrogen) atoms. The van der Waals surface area contributed by atoms with Gasteiger partial charge in [0.25, 0.3) is 5.69 Å². The Hall–Kier alpha value is -1.95. The zero-order valence-electron chi connectivity index (χ0n) is 10.2. The summed E-state index contributed by atoms with van der Waals surface area (Å²) in [6.45, 7) is 2.92. The Morgan fingerprint density at radius 1 is 1.44 bits per heavy atom. The Morgan fingerprint density at radius 3 is 2.67 bits per heavy atom. The molecular weight excluding hydrogens is 236 g/mol. The van der Waals surface area contributed by atoms with E-state index in [1.165, 1.54) is 6.07 Å². The van der Waals surface area contributed by atoms with Crippen molar-refractivity contribution in [3.8, 4) is 0 Å². The molecule has 1 N–H and O–H groups in total. The van der Waals surface area contributed by atoms with Crippen LogP contribution in [0.25, 0.3) is 0 Å². The highest BCUT2D eigenvalue weighted by atomic mass is 16.6. The maximum atomic E-state index is 10.8. The lowest BCUT2D eigenvalue weighted by molar-refractivity contribution is -0.385. The Labute approximate surface area is 105 Å². The van der Waals surface area contributed by atoms with Crippen LogP contribution >= 0.6 is 0 Å². The van der Waals surface area contributed by atoms with Crippen LogP contribution in [0.4, 0.5) is 5.69 Å². The van der Waals surface area contributed by atoms with Gasteiger partial charge in [-0.25, -0.2) is 0 Å². The van der Waals surface area contributed by atoms with E-state index in [9.17, 15) is 14.9 Å². The van der Waals surface area contributed by atoms with Crippen LogP contribution in [0.15, 0.2) is 24.3 Å². The maximum Gasteiger partial charge on any atom is 0.317 e. The van der Waals surface area contributed by atoms with Gasteiger partial charge >= 0.3 is 5.97 Å². The molecule has 0 aliphatic carbocycles. The molecule has 0 spiro atoms. The first-order valence-electron chi connectivity index (χ1n) is 5.71. The number of para-hydroxylation sites is 1. The normalized spacial score (nSPS) is 10.6. The molecule has 0 radical (unpaired) electrons. The van der Waals surface area contributed by atoms with E-state index < -0.39 is 10.9 Å². The van der Waals surface area contributed by atoms with Gasteiger partial charge in [-0.15, -0.1) is 0 Å². The van der Waals surface area contributed by atoms with Crippen molar-refractivity contribution in [1.29, 1.82) is 0 Å². The van der Waals surface area contributed by atoms with Crippen molar-refractivity contribution >= 4 is 11.7 Å². The number of likely N-dealkylation sites (N-methyl/N-ethyl adjacent to an activating group) is 1. The smallest absolute Gasteiger partial charge is 0.317 e. The molecule has 0 aliphatic rings. The van der Waals surface area contributed by atoms with Gasteiger partial charge in [0.05, 0.1) is 11.5 Å². The maximum absolute atomic E-state index is 10.8. The largest absolute Gasteiger partial charge is 0.480 e. The van der Waals surface area contributed by atoms with Crippen molar-refractivity contribution < 1.29 is 14.8 Å². The molecule has 0 saturated heterocycles. The van der Waals surface area contributed by atoms with Crippen molar-refractivity contribution in [3.05, 3.63) is 39.9 Å². The molecule has 0 amide bonds. The predicted octanol–water partition coefficient (Wildman–Crippen LogP) is 1.54. The summed E-state index contributed by atoms with van der Waals surface area (Å²) in [7, 11) is 0. The van der Waals surface area contributed by atoms with Gasteiger partial charge in [-0.2, -0.15) is 0 Å². The number of carbonyl (C=O) groups is 1. The molecule has 1 aromatic carbocycles. The van der Waals surface area contributed by atoms with Crippen LogP contribution in [0.1, 0.15) is 12.5 Å². The van der Waals surface area contributed by atoms with Crippen molar-refractivity contribution in [1.82, 2.24) is 4.90 Å². The summed E-state index contributed by atoms with van der Waals surface area (Å²) in [4.78, 5) is 22.7. The van der Waals surface area contributed by atoms with Crippen LogP contribution in [0, 0.1) is 10.1 Å². The van der Waals surface area contributed by atoms with Crippen LogP contribution in [0.2, 0.25) is 0 Å². The van der Waals surface area contributed by atoms with Gasteiger partial charge in [0, 0.05) is 18.2 Å². The molecule has 1 aromatic rings. The molecule has 0 bridgehead atoms. The molecule has 0 heterocycles. The molecule has 6 heteroatoms. The van der Waals surface area contributed by atoms with Crippen LogP contribution in [0.3, 0.4) is 0 Å². The fourth-order valence-corrected chi connectivity index (χ4v) is 1.72. The molecule has 0 atom stereocenters. The molecule has 1 rings (SSSR count).